The molecule has 2 N–H and O–H groups in total. The van der Waals surface area contributed by atoms with E-state index >= 15 is 0 Å². The lowest BCUT2D eigenvalue weighted by Crippen LogP contribution is -2.18. The Labute approximate surface area is 109 Å². The Balaban J connectivity index is 2.20. The van der Waals surface area contributed by atoms with E-state index < -0.39 is 5.82 Å². The highest BCUT2D eigenvalue weighted by Gasteiger charge is 2.15. The molecule has 0 fully saturated rings. The zero-order valence-corrected chi connectivity index (χ0v) is 10.6. The number of aromatic nitrogens is 2. The van der Waals surface area contributed by atoms with Gasteiger partial charge in [-0.05, 0) is 18.2 Å². The van der Waals surface area contributed by atoms with Gasteiger partial charge in [-0.15, -0.1) is 0 Å². The lowest BCUT2D eigenvalue weighted by molar-refractivity contribution is 0.214. The van der Waals surface area contributed by atoms with Crippen LogP contribution in [0.3, 0.4) is 0 Å². The van der Waals surface area contributed by atoms with E-state index in [9.17, 15) is 4.39 Å². The van der Waals surface area contributed by atoms with Gasteiger partial charge in [-0.3, -0.25) is 4.68 Å². The van der Waals surface area contributed by atoms with Crippen LogP contribution in [-0.2, 0) is 7.05 Å². The van der Waals surface area contributed by atoms with E-state index in [1.165, 1.54) is 18.2 Å². The van der Waals surface area contributed by atoms with Crippen molar-refractivity contribution in [1.29, 1.82) is 0 Å². The van der Waals surface area contributed by atoms with Crippen LogP contribution in [0.15, 0.2) is 30.6 Å². The molecule has 0 aliphatic heterocycles. The second kappa shape index (κ2) is 5.37. The molecule has 0 saturated heterocycles. The molecular weight excluding hydrogens is 257 g/mol. The zero-order valence-electron chi connectivity index (χ0n) is 9.81. The van der Waals surface area contributed by atoms with Gasteiger partial charge in [-0.25, -0.2) is 4.39 Å². The molecule has 1 aromatic carbocycles. The van der Waals surface area contributed by atoms with E-state index in [1.54, 1.807) is 10.9 Å². The fourth-order valence-electron chi connectivity index (χ4n) is 1.58. The zero-order chi connectivity index (χ0) is 13.1. The van der Waals surface area contributed by atoms with Crippen molar-refractivity contribution in [1.82, 2.24) is 9.78 Å². The van der Waals surface area contributed by atoms with Gasteiger partial charge in [0.1, 0.15) is 17.7 Å². The minimum Gasteiger partial charge on any atom is -0.483 e. The van der Waals surface area contributed by atoms with Crippen LogP contribution in [-0.4, -0.2) is 16.3 Å². The van der Waals surface area contributed by atoms with E-state index in [-0.39, 0.29) is 17.7 Å². The van der Waals surface area contributed by atoms with Crippen LogP contribution in [0.2, 0.25) is 5.02 Å². The van der Waals surface area contributed by atoms with E-state index in [1.807, 2.05) is 13.2 Å². The first kappa shape index (κ1) is 12.9. The molecule has 1 heterocycles. The summed E-state index contributed by atoms with van der Waals surface area (Å²) in [5, 5.41) is 4.27. The van der Waals surface area contributed by atoms with Crippen molar-refractivity contribution in [2.45, 2.75) is 6.10 Å². The first-order valence-electron chi connectivity index (χ1n) is 5.40. The van der Waals surface area contributed by atoms with Gasteiger partial charge in [0.25, 0.3) is 0 Å². The Morgan fingerprint density at radius 1 is 1.56 bits per heavy atom. The molecule has 96 valence electrons. The van der Waals surface area contributed by atoms with Gasteiger partial charge in [0.05, 0.1) is 11.2 Å². The summed E-state index contributed by atoms with van der Waals surface area (Å²) >= 11 is 5.90. The number of hydrogen-bond donors (Lipinski definition) is 1. The third-order valence-corrected chi connectivity index (χ3v) is 2.77. The molecule has 4 nitrogen and oxygen atoms in total. The van der Waals surface area contributed by atoms with E-state index in [0.29, 0.717) is 5.75 Å². The number of halogens is 2. The maximum atomic E-state index is 12.9. The van der Waals surface area contributed by atoms with Crippen molar-refractivity contribution in [2.75, 3.05) is 6.54 Å². The number of nitrogens with zero attached hydrogens (tertiary/aromatic N) is 2. The SMILES string of the molecule is Cn1cc(C(CN)Oc2ccc(F)cc2Cl)cn1. The topological polar surface area (TPSA) is 53.1 Å². The van der Waals surface area contributed by atoms with Crippen LogP contribution in [0.4, 0.5) is 4.39 Å². The molecule has 0 saturated carbocycles. The fraction of sp³-hybridized carbons (Fsp3) is 0.250. The number of benzene rings is 1. The predicted octanol–water partition coefficient (Wildman–Crippen LogP) is 2.29. The molecule has 0 aliphatic rings. The Morgan fingerprint density at radius 2 is 2.33 bits per heavy atom. The van der Waals surface area contributed by atoms with Crippen molar-refractivity contribution in [3.63, 3.8) is 0 Å². The molecule has 0 bridgehead atoms. The maximum absolute atomic E-state index is 12.9. The van der Waals surface area contributed by atoms with Gasteiger partial charge in [0.2, 0.25) is 0 Å². The first-order chi connectivity index (χ1) is 8.60. The number of ether oxygens (including phenoxy) is 1. The molecule has 1 atom stereocenters. The Morgan fingerprint density at radius 3 is 2.89 bits per heavy atom. The van der Waals surface area contributed by atoms with Crippen molar-refractivity contribution in [3.8, 4) is 5.75 Å². The summed E-state index contributed by atoms with van der Waals surface area (Å²) in [6.45, 7) is 0.277. The Bertz CT molecular complexity index is 544. The second-order valence-electron chi connectivity index (χ2n) is 3.86. The van der Waals surface area contributed by atoms with Crippen LogP contribution < -0.4 is 10.5 Å². The third kappa shape index (κ3) is 2.80. The Hall–Kier alpha value is -1.59. The van der Waals surface area contributed by atoms with E-state index in [0.717, 1.165) is 5.56 Å². The summed E-state index contributed by atoms with van der Waals surface area (Å²) in [5.74, 6) is -0.00426. The molecule has 18 heavy (non-hydrogen) atoms. The minimum absolute atomic E-state index is 0.220. The second-order valence-corrected chi connectivity index (χ2v) is 4.27. The molecule has 0 radical (unpaired) electrons. The van der Waals surface area contributed by atoms with Crippen molar-refractivity contribution in [2.24, 2.45) is 12.8 Å². The van der Waals surface area contributed by atoms with E-state index in [2.05, 4.69) is 5.10 Å². The summed E-state index contributed by atoms with van der Waals surface area (Å²) in [7, 11) is 1.81. The summed E-state index contributed by atoms with van der Waals surface area (Å²) in [4.78, 5) is 0. The summed E-state index contributed by atoms with van der Waals surface area (Å²) in [5.41, 5.74) is 6.51. The molecule has 2 rings (SSSR count). The minimum atomic E-state index is -0.405. The third-order valence-electron chi connectivity index (χ3n) is 2.47. The van der Waals surface area contributed by atoms with Gasteiger partial charge in [-0.1, -0.05) is 11.6 Å². The normalized spacial score (nSPS) is 12.4. The van der Waals surface area contributed by atoms with E-state index in [4.69, 9.17) is 22.1 Å². The number of nitrogens with two attached hydrogens (primary N) is 1. The van der Waals surface area contributed by atoms with Crippen molar-refractivity contribution in [3.05, 3.63) is 47.0 Å². The largest absolute Gasteiger partial charge is 0.483 e. The molecule has 2 aromatic rings. The van der Waals surface area contributed by atoms with Gasteiger partial charge in [0.15, 0.2) is 0 Å². The first-order valence-corrected chi connectivity index (χ1v) is 5.78. The lowest BCUT2D eigenvalue weighted by Gasteiger charge is -2.16. The average molecular weight is 270 g/mol. The number of aryl methyl sites for hydroxylation is 1. The Kier molecular flexibility index (Phi) is 3.84. The predicted molar refractivity (Wildman–Crippen MR) is 67.0 cm³/mol. The summed E-state index contributed by atoms with van der Waals surface area (Å²) in [6.07, 6.45) is 3.13. The number of hydrogen-bond acceptors (Lipinski definition) is 3. The molecule has 0 spiro atoms. The van der Waals surface area contributed by atoms with Gasteiger partial charge in [-0.2, -0.15) is 5.10 Å². The quantitative estimate of drug-likeness (QED) is 0.927. The summed E-state index contributed by atoms with van der Waals surface area (Å²) < 4.78 is 20.2. The lowest BCUT2D eigenvalue weighted by atomic mass is 10.2. The number of rotatable bonds is 4. The van der Waals surface area contributed by atoms with Crippen LogP contribution in [0, 0.1) is 5.82 Å². The monoisotopic (exact) mass is 269 g/mol. The molecule has 0 aliphatic carbocycles. The molecular formula is C12H13ClFN3O. The summed E-state index contributed by atoms with van der Waals surface area (Å²) in [6, 6.07) is 3.97. The van der Waals surface area contributed by atoms with Gasteiger partial charge in [0, 0.05) is 25.4 Å². The highest BCUT2D eigenvalue weighted by atomic mass is 35.5. The van der Waals surface area contributed by atoms with Crippen molar-refractivity contribution < 1.29 is 9.13 Å². The van der Waals surface area contributed by atoms with Crippen LogP contribution in [0.1, 0.15) is 11.7 Å². The molecule has 1 unspecified atom stereocenters. The fourth-order valence-corrected chi connectivity index (χ4v) is 1.79. The van der Waals surface area contributed by atoms with Gasteiger partial charge < -0.3 is 10.5 Å². The van der Waals surface area contributed by atoms with Crippen LogP contribution in [0.25, 0.3) is 0 Å². The highest BCUT2D eigenvalue weighted by Crippen LogP contribution is 2.29. The standard InChI is InChI=1S/C12H13ClFN3O/c1-17-7-8(6-16-17)12(5-15)18-11-3-2-9(14)4-10(11)13/h2-4,6-7,12H,5,15H2,1H3. The van der Waals surface area contributed by atoms with Crippen LogP contribution in [0.5, 0.6) is 5.75 Å². The molecule has 0 amide bonds. The molecule has 6 heteroatoms. The van der Waals surface area contributed by atoms with Crippen LogP contribution >= 0.6 is 11.6 Å². The van der Waals surface area contributed by atoms with Crippen molar-refractivity contribution >= 4 is 11.6 Å². The average Bonchev–Trinajstić information content (AvgIpc) is 2.75. The molecule has 1 aromatic heterocycles. The maximum Gasteiger partial charge on any atom is 0.139 e. The smallest absolute Gasteiger partial charge is 0.139 e. The highest BCUT2D eigenvalue weighted by molar-refractivity contribution is 6.32. The van der Waals surface area contributed by atoms with Gasteiger partial charge >= 0.3 is 0 Å².